The van der Waals surface area contributed by atoms with Crippen LogP contribution in [0.3, 0.4) is 0 Å². The van der Waals surface area contributed by atoms with Gasteiger partial charge in [-0.15, -0.1) is 0 Å². The molecule has 0 amide bonds. The third-order valence-corrected chi connectivity index (χ3v) is 6.56. The Hall–Kier alpha value is -3.02. The van der Waals surface area contributed by atoms with E-state index in [4.69, 9.17) is 38.0 Å². The minimum Gasteiger partial charge on any atom is -0.494 e. The number of rotatable bonds is 6. The Morgan fingerprint density at radius 1 is 1.00 bits per heavy atom. The molecule has 0 aliphatic carbocycles. The van der Waals surface area contributed by atoms with Gasteiger partial charge in [-0.05, 0) is 56.2 Å². The number of fused-ring (bicyclic) bond motifs is 2. The minimum absolute atomic E-state index is 0.178. The number of halogens is 2. The van der Waals surface area contributed by atoms with E-state index in [0.717, 1.165) is 46.9 Å². The van der Waals surface area contributed by atoms with Crippen LogP contribution in [0, 0.1) is 13.8 Å². The van der Waals surface area contributed by atoms with Gasteiger partial charge in [0.05, 0.1) is 34.1 Å². The number of aromatic nitrogens is 2. The molecule has 0 spiro atoms. The van der Waals surface area contributed by atoms with Crippen LogP contribution in [0.4, 0.5) is 5.82 Å². The van der Waals surface area contributed by atoms with Crippen LogP contribution in [0.1, 0.15) is 48.2 Å². The zero-order valence-corrected chi connectivity index (χ0v) is 20.9. The third-order valence-electron chi connectivity index (χ3n) is 6.07. The van der Waals surface area contributed by atoms with Gasteiger partial charge in [-0.2, -0.15) is 5.10 Å². The zero-order chi connectivity index (χ0) is 23.8. The number of amidine groups is 1. The average Bonchev–Trinajstić information content (AvgIpc) is 3.15. The lowest BCUT2D eigenvalue weighted by molar-refractivity contribution is 0.309. The Balaban J connectivity index is 1.63. The van der Waals surface area contributed by atoms with E-state index >= 15 is 0 Å². The van der Waals surface area contributed by atoms with Gasteiger partial charge in [0.15, 0.2) is 11.7 Å². The van der Waals surface area contributed by atoms with Crippen molar-refractivity contribution in [1.82, 2.24) is 14.7 Å². The summed E-state index contributed by atoms with van der Waals surface area (Å²) in [6.07, 6.45) is 5.75. The zero-order valence-electron chi connectivity index (χ0n) is 19.4. The van der Waals surface area contributed by atoms with Crippen molar-refractivity contribution >= 4 is 34.9 Å². The van der Waals surface area contributed by atoms with Gasteiger partial charge in [0.25, 0.3) is 0 Å². The fraction of sp³-hybridized carbons (Fsp3) is 0.259. The molecule has 0 bridgehead atoms. The molecule has 1 atom stereocenters. The maximum Gasteiger partial charge on any atom is 0.164 e. The van der Waals surface area contributed by atoms with Crippen molar-refractivity contribution < 1.29 is 4.74 Å². The number of hydrogen-bond acceptors (Lipinski definition) is 4. The molecule has 2 aliphatic rings. The summed E-state index contributed by atoms with van der Waals surface area (Å²) < 4.78 is 7.77. The summed E-state index contributed by atoms with van der Waals surface area (Å²) in [5, 5.41) is 5.93. The number of aryl methyl sites for hydroxylation is 2. The number of unbranched alkanes of at least 4 members (excludes halogenated alkanes) is 1. The predicted molar refractivity (Wildman–Crippen MR) is 139 cm³/mol. The van der Waals surface area contributed by atoms with Gasteiger partial charge >= 0.3 is 0 Å². The normalized spacial score (nSPS) is 16.9. The summed E-state index contributed by atoms with van der Waals surface area (Å²) in [5.74, 6) is 2.29. The molecule has 1 aromatic heterocycles. The second-order valence-electron chi connectivity index (χ2n) is 8.59. The summed E-state index contributed by atoms with van der Waals surface area (Å²) in [6, 6.07) is 16.3. The maximum atomic E-state index is 6.64. The fourth-order valence-corrected chi connectivity index (χ4v) is 4.84. The number of benzene rings is 2. The van der Waals surface area contributed by atoms with Crippen LogP contribution in [0.15, 0.2) is 75.9 Å². The summed E-state index contributed by atoms with van der Waals surface area (Å²) in [7, 11) is 0. The van der Waals surface area contributed by atoms with Crippen LogP contribution in [0.5, 0.6) is 5.75 Å². The van der Waals surface area contributed by atoms with E-state index in [-0.39, 0.29) is 6.04 Å². The molecule has 0 saturated heterocycles. The molecule has 2 aromatic carbocycles. The molecular weight excluding hydrogens is 467 g/mol. The standard InChI is InChI=1S/C27H26Cl2N4O/c1-4-5-14-34-22-12-8-19(9-13-22)25-24-18(3)31-33(21-10-6-17(2)7-11-21)27(24)30-26-23(29)15-20(28)16-32(25)26/h6-13,15-16,25H,4-5,14H2,1-3H3/t25-/m1/s1. The molecule has 0 saturated carbocycles. The maximum absolute atomic E-state index is 6.64. The fourth-order valence-electron chi connectivity index (χ4n) is 4.32. The summed E-state index contributed by atoms with van der Waals surface area (Å²) in [6.45, 7) is 6.96. The van der Waals surface area contributed by atoms with Crippen molar-refractivity contribution in [2.45, 2.75) is 39.7 Å². The van der Waals surface area contributed by atoms with Crippen molar-refractivity contribution in [3.8, 4) is 11.4 Å². The molecule has 5 rings (SSSR count). The predicted octanol–water partition coefficient (Wildman–Crippen LogP) is 7.32. The Labute approximate surface area is 210 Å². The number of aliphatic imine (C=N–C) groups is 1. The van der Waals surface area contributed by atoms with E-state index in [2.05, 4.69) is 50.2 Å². The van der Waals surface area contributed by atoms with Gasteiger partial charge in [0.1, 0.15) is 5.75 Å². The minimum atomic E-state index is -0.178. The van der Waals surface area contributed by atoms with Gasteiger partial charge in [0.2, 0.25) is 0 Å². The van der Waals surface area contributed by atoms with Gasteiger partial charge in [0, 0.05) is 11.8 Å². The van der Waals surface area contributed by atoms with Crippen LogP contribution in [0.25, 0.3) is 5.69 Å². The van der Waals surface area contributed by atoms with E-state index in [1.54, 1.807) is 6.08 Å². The second-order valence-corrected chi connectivity index (χ2v) is 9.44. The summed E-state index contributed by atoms with van der Waals surface area (Å²) >= 11 is 13.1. The van der Waals surface area contributed by atoms with Crippen molar-refractivity contribution in [3.05, 3.63) is 93.3 Å². The van der Waals surface area contributed by atoms with E-state index in [1.165, 1.54) is 5.56 Å². The lowest BCUT2D eigenvalue weighted by Crippen LogP contribution is -2.35. The lowest BCUT2D eigenvalue weighted by Gasteiger charge is -2.37. The molecule has 3 heterocycles. The van der Waals surface area contributed by atoms with Crippen LogP contribution < -0.4 is 4.74 Å². The van der Waals surface area contributed by atoms with E-state index in [1.807, 2.05) is 34.8 Å². The topological polar surface area (TPSA) is 42.6 Å². The smallest absolute Gasteiger partial charge is 0.164 e. The second kappa shape index (κ2) is 9.32. The monoisotopic (exact) mass is 492 g/mol. The third kappa shape index (κ3) is 4.15. The van der Waals surface area contributed by atoms with Gasteiger partial charge in [-0.3, -0.25) is 0 Å². The first-order valence-corrected chi connectivity index (χ1v) is 12.2. The van der Waals surface area contributed by atoms with Crippen molar-refractivity contribution in [2.24, 2.45) is 4.99 Å². The lowest BCUT2D eigenvalue weighted by atomic mass is 9.94. The highest BCUT2D eigenvalue weighted by Gasteiger charge is 2.37. The first kappa shape index (κ1) is 22.8. The summed E-state index contributed by atoms with van der Waals surface area (Å²) in [4.78, 5) is 7.00. The highest BCUT2D eigenvalue weighted by atomic mass is 35.5. The molecular formula is C27H26Cl2N4O. The molecule has 34 heavy (non-hydrogen) atoms. The Morgan fingerprint density at radius 2 is 1.74 bits per heavy atom. The van der Waals surface area contributed by atoms with E-state index in [0.29, 0.717) is 22.5 Å². The molecule has 7 heteroatoms. The Morgan fingerprint density at radius 3 is 2.44 bits per heavy atom. The van der Waals surface area contributed by atoms with Crippen LogP contribution in [0.2, 0.25) is 0 Å². The Bertz CT molecular complexity index is 1300. The number of allylic oxidation sites excluding steroid dienone is 2. The van der Waals surface area contributed by atoms with Crippen LogP contribution in [-0.4, -0.2) is 27.1 Å². The molecule has 0 N–H and O–H groups in total. The van der Waals surface area contributed by atoms with E-state index < -0.39 is 0 Å². The first-order chi connectivity index (χ1) is 16.5. The van der Waals surface area contributed by atoms with Gasteiger partial charge in [-0.1, -0.05) is 66.4 Å². The first-order valence-electron chi connectivity index (χ1n) is 11.5. The molecule has 174 valence electrons. The SMILES string of the molecule is CCCCOc1ccc([C@@H]2c3c(C)nn(-c4ccc(C)cc4)c3N=C3C(Cl)=CC(Cl)=CN32)cc1. The molecule has 3 aromatic rings. The summed E-state index contributed by atoms with van der Waals surface area (Å²) in [5.41, 5.74) is 5.15. The number of ether oxygens (including phenoxy) is 1. The quantitative estimate of drug-likeness (QED) is 0.338. The van der Waals surface area contributed by atoms with Gasteiger partial charge < -0.3 is 9.64 Å². The molecule has 2 aliphatic heterocycles. The molecule has 0 unspecified atom stereocenters. The van der Waals surface area contributed by atoms with Gasteiger partial charge in [-0.25, -0.2) is 9.67 Å². The Kier molecular flexibility index (Phi) is 6.24. The largest absolute Gasteiger partial charge is 0.494 e. The average molecular weight is 493 g/mol. The van der Waals surface area contributed by atoms with Crippen LogP contribution in [-0.2, 0) is 0 Å². The highest BCUT2D eigenvalue weighted by molar-refractivity contribution is 6.45. The number of nitrogens with zero attached hydrogens (tertiary/aromatic N) is 4. The van der Waals surface area contributed by atoms with Crippen molar-refractivity contribution in [2.75, 3.05) is 6.61 Å². The van der Waals surface area contributed by atoms with Crippen molar-refractivity contribution in [1.29, 1.82) is 0 Å². The number of hydrogen-bond donors (Lipinski definition) is 0. The van der Waals surface area contributed by atoms with Crippen LogP contribution >= 0.6 is 23.2 Å². The highest BCUT2D eigenvalue weighted by Crippen LogP contribution is 2.45. The molecule has 0 radical (unpaired) electrons. The molecule has 0 fully saturated rings. The van der Waals surface area contributed by atoms with Crippen molar-refractivity contribution in [3.63, 3.8) is 0 Å². The molecule has 5 nitrogen and oxygen atoms in total. The van der Waals surface area contributed by atoms with E-state index in [9.17, 15) is 0 Å².